The van der Waals surface area contributed by atoms with Crippen molar-refractivity contribution in [3.8, 4) is 23.0 Å². The maximum absolute atomic E-state index is 12.6. The van der Waals surface area contributed by atoms with E-state index in [-0.39, 0.29) is 5.91 Å². The molecule has 0 saturated carbocycles. The molecule has 1 amide bonds. The van der Waals surface area contributed by atoms with Crippen LogP contribution >= 0.6 is 15.9 Å². The molecule has 190 valence electrons. The van der Waals surface area contributed by atoms with Crippen LogP contribution in [0.2, 0.25) is 0 Å². The van der Waals surface area contributed by atoms with Gasteiger partial charge in [-0.1, -0.05) is 36.8 Å². The van der Waals surface area contributed by atoms with Gasteiger partial charge in [-0.05, 0) is 77.7 Å². The molecule has 0 radical (unpaired) electrons. The van der Waals surface area contributed by atoms with Gasteiger partial charge in [0.05, 0.1) is 31.0 Å². The summed E-state index contributed by atoms with van der Waals surface area (Å²) in [6.07, 6.45) is 2.42. The Morgan fingerprint density at radius 3 is 2.44 bits per heavy atom. The van der Waals surface area contributed by atoms with E-state index >= 15 is 0 Å². The first-order chi connectivity index (χ1) is 17.4. The summed E-state index contributed by atoms with van der Waals surface area (Å²) in [5.74, 6) is 1.91. The molecule has 0 fully saturated rings. The van der Waals surface area contributed by atoms with E-state index < -0.39 is 0 Å². The standard InChI is InChI=1S/C28H31BrN2O5/c1-5-13-35-24-12-11-22(16-25(24)34-6-2)28(32)31-30-17-21-14-23(29)27(26(15-21)33-4)36-18-20-9-7-19(3)8-10-20/h7-12,14-17H,5-6,13,18H2,1-4H3,(H,31,32)/b30-17+. The van der Waals surface area contributed by atoms with Crippen LogP contribution in [0.5, 0.6) is 23.0 Å². The van der Waals surface area contributed by atoms with Gasteiger partial charge in [-0.15, -0.1) is 0 Å². The number of halogens is 1. The molecule has 3 aromatic rings. The summed E-state index contributed by atoms with van der Waals surface area (Å²) in [7, 11) is 1.58. The Kier molecular flexibility index (Phi) is 10.2. The SMILES string of the molecule is CCCOc1ccc(C(=O)N/N=C/c2cc(Br)c(OCc3ccc(C)cc3)c(OC)c2)cc1OCC. The van der Waals surface area contributed by atoms with Gasteiger partial charge < -0.3 is 18.9 Å². The summed E-state index contributed by atoms with van der Waals surface area (Å²) < 4.78 is 23.5. The zero-order chi connectivity index (χ0) is 25.9. The van der Waals surface area contributed by atoms with Crippen molar-refractivity contribution in [1.29, 1.82) is 0 Å². The molecule has 0 heterocycles. The molecule has 3 aromatic carbocycles. The second kappa shape index (κ2) is 13.5. The molecule has 0 aliphatic heterocycles. The number of aryl methyl sites for hydroxylation is 1. The van der Waals surface area contributed by atoms with E-state index in [0.717, 1.165) is 17.5 Å². The van der Waals surface area contributed by atoms with Crippen LogP contribution in [-0.2, 0) is 6.61 Å². The minimum absolute atomic E-state index is 0.363. The predicted molar refractivity (Wildman–Crippen MR) is 145 cm³/mol. The fourth-order valence-corrected chi connectivity index (χ4v) is 3.85. The summed E-state index contributed by atoms with van der Waals surface area (Å²) >= 11 is 3.55. The van der Waals surface area contributed by atoms with Crippen molar-refractivity contribution < 1.29 is 23.7 Å². The van der Waals surface area contributed by atoms with Crippen LogP contribution in [0.3, 0.4) is 0 Å². The molecule has 0 saturated heterocycles. The average molecular weight is 555 g/mol. The molecule has 0 bridgehead atoms. The zero-order valence-electron chi connectivity index (χ0n) is 21.0. The molecule has 0 aromatic heterocycles. The summed E-state index contributed by atoms with van der Waals surface area (Å²) in [5.41, 5.74) is 5.94. The quantitative estimate of drug-likeness (QED) is 0.210. The smallest absolute Gasteiger partial charge is 0.271 e. The monoisotopic (exact) mass is 554 g/mol. The summed E-state index contributed by atoms with van der Waals surface area (Å²) in [4.78, 5) is 12.6. The Morgan fingerprint density at radius 1 is 0.972 bits per heavy atom. The third-order valence-corrected chi connectivity index (χ3v) is 5.69. The number of hydrogen-bond donors (Lipinski definition) is 1. The van der Waals surface area contributed by atoms with E-state index in [0.29, 0.717) is 52.9 Å². The number of hydrazone groups is 1. The van der Waals surface area contributed by atoms with Gasteiger partial charge in [0.2, 0.25) is 0 Å². The average Bonchev–Trinajstić information content (AvgIpc) is 2.88. The minimum Gasteiger partial charge on any atom is -0.493 e. The zero-order valence-corrected chi connectivity index (χ0v) is 22.6. The second-order valence-corrected chi connectivity index (χ2v) is 8.80. The van der Waals surface area contributed by atoms with Crippen LogP contribution in [0.25, 0.3) is 0 Å². The van der Waals surface area contributed by atoms with Crippen molar-refractivity contribution in [1.82, 2.24) is 5.43 Å². The topological polar surface area (TPSA) is 78.4 Å². The van der Waals surface area contributed by atoms with Gasteiger partial charge in [0.1, 0.15) is 6.61 Å². The fraction of sp³-hybridized carbons (Fsp3) is 0.286. The number of hydrogen-bond acceptors (Lipinski definition) is 6. The molecule has 0 aliphatic carbocycles. The Morgan fingerprint density at radius 2 is 1.75 bits per heavy atom. The van der Waals surface area contributed by atoms with Crippen molar-refractivity contribution in [3.05, 3.63) is 81.3 Å². The maximum atomic E-state index is 12.6. The van der Waals surface area contributed by atoms with Crippen molar-refractivity contribution in [2.45, 2.75) is 33.8 Å². The number of carbonyl (C=O) groups is 1. The molecule has 8 heteroatoms. The summed E-state index contributed by atoms with van der Waals surface area (Å²) in [5, 5.41) is 4.10. The number of carbonyl (C=O) groups excluding carboxylic acids is 1. The van der Waals surface area contributed by atoms with Gasteiger partial charge in [-0.2, -0.15) is 5.10 Å². The van der Waals surface area contributed by atoms with Gasteiger partial charge in [0.15, 0.2) is 23.0 Å². The van der Waals surface area contributed by atoms with Crippen LogP contribution in [0.4, 0.5) is 0 Å². The molecule has 0 aliphatic rings. The number of nitrogens with zero attached hydrogens (tertiary/aromatic N) is 1. The number of ether oxygens (including phenoxy) is 4. The van der Waals surface area contributed by atoms with Crippen LogP contribution in [0.1, 0.15) is 47.3 Å². The molecule has 1 N–H and O–H groups in total. The predicted octanol–water partition coefficient (Wildman–Crippen LogP) is 6.30. The first kappa shape index (κ1) is 27.1. The lowest BCUT2D eigenvalue weighted by Crippen LogP contribution is -2.17. The highest BCUT2D eigenvalue weighted by Crippen LogP contribution is 2.37. The van der Waals surface area contributed by atoms with Crippen molar-refractivity contribution >= 4 is 28.1 Å². The van der Waals surface area contributed by atoms with E-state index in [1.165, 1.54) is 11.8 Å². The fourth-order valence-electron chi connectivity index (χ4n) is 3.27. The van der Waals surface area contributed by atoms with E-state index in [1.807, 2.05) is 51.1 Å². The largest absolute Gasteiger partial charge is 0.493 e. The van der Waals surface area contributed by atoms with E-state index in [9.17, 15) is 4.79 Å². The summed E-state index contributed by atoms with van der Waals surface area (Å²) in [6, 6.07) is 16.8. The highest BCUT2D eigenvalue weighted by molar-refractivity contribution is 9.10. The lowest BCUT2D eigenvalue weighted by atomic mass is 10.1. The lowest BCUT2D eigenvalue weighted by molar-refractivity contribution is 0.0954. The molecule has 0 unspecified atom stereocenters. The molecule has 3 rings (SSSR count). The van der Waals surface area contributed by atoms with Crippen molar-refractivity contribution in [3.63, 3.8) is 0 Å². The van der Waals surface area contributed by atoms with Crippen molar-refractivity contribution in [2.24, 2.45) is 5.10 Å². The molecule has 36 heavy (non-hydrogen) atoms. The normalized spacial score (nSPS) is 10.8. The lowest BCUT2D eigenvalue weighted by Gasteiger charge is -2.14. The van der Waals surface area contributed by atoms with Gasteiger partial charge in [-0.3, -0.25) is 4.79 Å². The molecular formula is C28H31BrN2O5. The number of nitrogens with one attached hydrogen (secondary N) is 1. The highest BCUT2D eigenvalue weighted by atomic mass is 79.9. The molecule has 7 nitrogen and oxygen atoms in total. The number of amides is 1. The van der Waals surface area contributed by atoms with Gasteiger partial charge >= 0.3 is 0 Å². The van der Waals surface area contributed by atoms with Crippen LogP contribution < -0.4 is 24.4 Å². The second-order valence-electron chi connectivity index (χ2n) is 7.95. The first-order valence-corrected chi connectivity index (χ1v) is 12.5. The maximum Gasteiger partial charge on any atom is 0.271 e. The first-order valence-electron chi connectivity index (χ1n) is 11.7. The highest BCUT2D eigenvalue weighted by Gasteiger charge is 2.13. The van der Waals surface area contributed by atoms with E-state index in [1.54, 1.807) is 31.4 Å². The van der Waals surface area contributed by atoms with Crippen LogP contribution in [-0.4, -0.2) is 32.4 Å². The molecular weight excluding hydrogens is 524 g/mol. The van der Waals surface area contributed by atoms with E-state index in [2.05, 4.69) is 26.5 Å². The number of methoxy groups -OCH3 is 1. The van der Waals surface area contributed by atoms with Crippen LogP contribution in [0, 0.1) is 6.92 Å². The number of benzene rings is 3. The molecule has 0 spiro atoms. The van der Waals surface area contributed by atoms with Crippen LogP contribution in [0.15, 0.2) is 64.2 Å². The summed E-state index contributed by atoms with van der Waals surface area (Å²) in [6.45, 7) is 7.40. The van der Waals surface area contributed by atoms with E-state index in [4.69, 9.17) is 18.9 Å². The Labute approximate surface area is 220 Å². The third kappa shape index (κ3) is 7.49. The Balaban J connectivity index is 1.67. The van der Waals surface area contributed by atoms with Gasteiger partial charge in [0.25, 0.3) is 5.91 Å². The molecule has 0 atom stereocenters. The van der Waals surface area contributed by atoms with Crippen molar-refractivity contribution in [2.75, 3.05) is 20.3 Å². The number of rotatable bonds is 12. The van der Waals surface area contributed by atoms with Gasteiger partial charge in [-0.25, -0.2) is 5.43 Å². The Hall–Kier alpha value is -3.52. The Bertz CT molecular complexity index is 1200. The van der Waals surface area contributed by atoms with Gasteiger partial charge in [0, 0.05) is 5.56 Å². The minimum atomic E-state index is -0.363. The third-order valence-electron chi connectivity index (χ3n) is 5.10.